The van der Waals surface area contributed by atoms with Gasteiger partial charge in [0.25, 0.3) is 5.56 Å². The Hall–Kier alpha value is -2.27. The summed E-state index contributed by atoms with van der Waals surface area (Å²) in [4.78, 5) is 19.2. The summed E-state index contributed by atoms with van der Waals surface area (Å²) in [6, 6.07) is 15.3. The predicted molar refractivity (Wildman–Crippen MR) is 83.4 cm³/mol. The van der Waals surface area contributed by atoms with E-state index in [2.05, 4.69) is 25.9 Å². The fourth-order valence-electron chi connectivity index (χ4n) is 2.02. The molecule has 0 radical (unpaired) electrons. The van der Waals surface area contributed by atoms with Crippen LogP contribution in [0.25, 0.3) is 22.6 Å². The van der Waals surface area contributed by atoms with Gasteiger partial charge in [-0.3, -0.25) is 4.79 Å². The second-order valence-corrected chi connectivity index (χ2v) is 5.25. The van der Waals surface area contributed by atoms with Gasteiger partial charge in [0.05, 0.1) is 5.69 Å². The quantitative estimate of drug-likeness (QED) is 0.763. The molecule has 3 nitrogen and oxygen atoms in total. The minimum Gasteiger partial charge on any atom is -0.306 e. The highest BCUT2D eigenvalue weighted by Gasteiger charge is 2.12. The van der Waals surface area contributed by atoms with Crippen LogP contribution in [0.5, 0.6) is 0 Å². The Balaban J connectivity index is 2.21. The predicted octanol–water partition coefficient (Wildman–Crippen LogP) is 4.01. The van der Waals surface area contributed by atoms with Crippen molar-refractivity contribution in [2.24, 2.45) is 0 Å². The first kappa shape index (κ1) is 13.7. The minimum absolute atomic E-state index is 0.303. The van der Waals surface area contributed by atoms with E-state index < -0.39 is 0 Å². The first-order valence-electron chi connectivity index (χ1n) is 6.26. The number of hydrogen-bond acceptors (Lipinski definition) is 2. The zero-order valence-electron chi connectivity index (χ0n) is 10.8. The highest BCUT2D eigenvalue weighted by atomic mass is 79.9. The lowest BCUT2D eigenvalue weighted by atomic mass is 10.1. The molecule has 3 rings (SSSR count). The Morgan fingerprint density at radius 1 is 1.00 bits per heavy atom. The summed E-state index contributed by atoms with van der Waals surface area (Å²) >= 11 is 3.26. The molecule has 104 valence electrons. The van der Waals surface area contributed by atoms with Gasteiger partial charge in [-0.05, 0) is 28.1 Å². The Labute approximate surface area is 128 Å². The number of nitrogens with zero attached hydrogens (tertiary/aromatic N) is 1. The first-order valence-corrected chi connectivity index (χ1v) is 7.05. The van der Waals surface area contributed by atoms with E-state index >= 15 is 0 Å². The lowest BCUT2D eigenvalue weighted by molar-refractivity contribution is 0.628. The third-order valence-corrected chi connectivity index (χ3v) is 3.74. The SMILES string of the molecule is O=c1[nH]c(-c2cccc(F)c2)nc(-c2ccccc2)c1Br. The molecule has 21 heavy (non-hydrogen) atoms. The molecule has 0 aliphatic rings. The highest BCUT2D eigenvalue weighted by Crippen LogP contribution is 2.25. The Bertz CT molecular complexity index is 846. The molecular weight excluding hydrogens is 335 g/mol. The second-order valence-electron chi connectivity index (χ2n) is 4.45. The molecule has 0 amide bonds. The van der Waals surface area contributed by atoms with Gasteiger partial charge in [0.15, 0.2) is 0 Å². The molecule has 0 bridgehead atoms. The number of halogens is 2. The van der Waals surface area contributed by atoms with Crippen LogP contribution in [0.3, 0.4) is 0 Å². The van der Waals surface area contributed by atoms with Gasteiger partial charge in [-0.1, -0.05) is 42.5 Å². The summed E-state index contributed by atoms with van der Waals surface area (Å²) in [5.74, 6) is -0.0409. The summed E-state index contributed by atoms with van der Waals surface area (Å²) in [7, 11) is 0. The zero-order valence-corrected chi connectivity index (χ0v) is 12.4. The van der Waals surface area contributed by atoms with Gasteiger partial charge in [-0.25, -0.2) is 9.37 Å². The van der Waals surface area contributed by atoms with Gasteiger partial charge in [0.2, 0.25) is 0 Å². The molecule has 1 heterocycles. The maximum atomic E-state index is 13.3. The number of benzene rings is 2. The zero-order chi connectivity index (χ0) is 14.8. The number of hydrogen-bond donors (Lipinski definition) is 1. The normalized spacial score (nSPS) is 10.6. The average molecular weight is 345 g/mol. The standard InChI is InChI=1S/C16H10BrFN2O/c17-13-14(10-5-2-1-3-6-10)19-15(20-16(13)21)11-7-4-8-12(18)9-11/h1-9H,(H,19,20,21). The minimum atomic E-state index is -0.376. The number of rotatable bonds is 2. The van der Waals surface area contributed by atoms with E-state index in [1.807, 2.05) is 30.3 Å². The molecule has 1 N–H and O–H groups in total. The molecular formula is C16H10BrFN2O. The molecule has 3 aromatic rings. The first-order chi connectivity index (χ1) is 10.1. The van der Waals surface area contributed by atoms with Crippen molar-refractivity contribution in [3.05, 3.63) is 75.2 Å². The van der Waals surface area contributed by atoms with Crippen LogP contribution in [0.4, 0.5) is 4.39 Å². The maximum absolute atomic E-state index is 13.3. The number of aromatic nitrogens is 2. The van der Waals surface area contributed by atoms with Gasteiger partial charge in [0.1, 0.15) is 16.1 Å². The molecule has 0 saturated heterocycles. The summed E-state index contributed by atoms with van der Waals surface area (Å²) in [6.45, 7) is 0. The van der Waals surface area contributed by atoms with E-state index in [0.717, 1.165) is 5.56 Å². The monoisotopic (exact) mass is 344 g/mol. The van der Waals surface area contributed by atoms with E-state index in [0.29, 0.717) is 21.6 Å². The topological polar surface area (TPSA) is 45.8 Å². The summed E-state index contributed by atoms with van der Waals surface area (Å²) in [5, 5.41) is 0. The van der Waals surface area contributed by atoms with Gasteiger partial charge in [-0.2, -0.15) is 0 Å². The van der Waals surface area contributed by atoms with Crippen molar-refractivity contribution in [3.63, 3.8) is 0 Å². The Morgan fingerprint density at radius 2 is 1.71 bits per heavy atom. The molecule has 0 spiro atoms. The number of nitrogens with one attached hydrogen (secondary N) is 1. The summed E-state index contributed by atoms with van der Waals surface area (Å²) in [5.41, 5.74) is 1.56. The van der Waals surface area contributed by atoms with Crippen LogP contribution >= 0.6 is 15.9 Å². The van der Waals surface area contributed by atoms with Crippen molar-refractivity contribution >= 4 is 15.9 Å². The smallest absolute Gasteiger partial charge is 0.266 e. The number of aromatic amines is 1. The molecule has 0 aliphatic heterocycles. The second kappa shape index (κ2) is 5.61. The van der Waals surface area contributed by atoms with Crippen LogP contribution < -0.4 is 5.56 Å². The van der Waals surface area contributed by atoms with Crippen molar-refractivity contribution in [3.8, 4) is 22.6 Å². The Morgan fingerprint density at radius 3 is 2.43 bits per heavy atom. The lowest BCUT2D eigenvalue weighted by Gasteiger charge is -2.07. The largest absolute Gasteiger partial charge is 0.306 e. The van der Waals surface area contributed by atoms with E-state index in [9.17, 15) is 9.18 Å². The fraction of sp³-hybridized carbons (Fsp3) is 0. The molecule has 5 heteroatoms. The van der Waals surface area contributed by atoms with Crippen molar-refractivity contribution in [2.45, 2.75) is 0 Å². The third-order valence-electron chi connectivity index (χ3n) is 3.01. The van der Waals surface area contributed by atoms with Gasteiger partial charge in [-0.15, -0.1) is 0 Å². The van der Waals surface area contributed by atoms with E-state index in [4.69, 9.17) is 0 Å². The van der Waals surface area contributed by atoms with Crippen LogP contribution in [-0.2, 0) is 0 Å². The van der Waals surface area contributed by atoms with Crippen LogP contribution in [0.15, 0.2) is 63.9 Å². The Kier molecular flexibility index (Phi) is 3.66. The number of H-pyrrole nitrogens is 1. The van der Waals surface area contributed by atoms with Crippen LogP contribution in [0, 0.1) is 5.82 Å². The van der Waals surface area contributed by atoms with Crippen LogP contribution in [0.2, 0.25) is 0 Å². The maximum Gasteiger partial charge on any atom is 0.266 e. The molecule has 0 atom stereocenters. The molecule has 2 aromatic carbocycles. The van der Waals surface area contributed by atoms with Gasteiger partial charge < -0.3 is 4.98 Å². The van der Waals surface area contributed by atoms with Crippen LogP contribution in [-0.4, -0.2) is 9.97 Å². The third kappa shape index (κ3) is 2.78. The molecule has 1 aromatic heterocycles. The fourth-order valence-corrected chi connectivity index (χ4v) is 2.44. The molecule has 0 unspecified atom stereocenters. The highest BCUT2D eigenvalue weighted by molar-refractivity contribution is 9.10. The van der Waals surface area contributed by atoms with E-state index in [-0.39, 0.29) is 11.4 Å². The summed E-state index contributed by atoms with van der Waals surface area (Å²) in [6.07, 6.45) is 0. The van der Waals surface area contributed by atoms with Crippen molar-refractivity contribution in [1.29, 1.82) is 0 Å². The van der Waals surface area contributed by atoms with Gasteiger partial charge in [0, 0.05) is 11.1 Å². The lowest BCUT2D eigenvalue weighted by Crippen LogP contribution is -2.11. The average Bonchev–Trinajstić information content (AvgIpc) is 2.51. The van der Waals surface area contributed by atoms with Crippen molar-refractivity contribution in [2.75, 3.05) is 0 Å². The van der Waals surface area contributed by atoms with E-state index in [1.165, 1.54) is 12.1 Å². The molecule has 0 saturated carbocycles. The molecule has 0 fully saturated rings. The molecule has 0 aliphatic carbocycles. The van der Waals surface area contributed by atoms with Crippen molar-refractivity contribution in [1.82, 2.24) is 9.97 Å². The summed E-state index contributed by atoms with van der Waals surface area (Å²) < 4.78 is 13.7. The van der Waals surface area contributed by atoms with Crippen LogP contribution in [0.1, 0.15) is 0 Å². The van der Waals surface area contributed by atoms with E-state index in [1.54, 1.807) is 12.1 Å². The van der Waals surface area contributed by atoms with Crippen molar-refractivity contribution < 1.29 is 4.39 Å². The van der Waals surface area contributed by atoms with Gasteiger partial charge >= 0.3 is 0 Å².